The zero-order chi connectivity index (χ0) is 19.2. The van der Waals surface area contributed by atoms with Crippen molar-refractivity contribution in [3.63, 3.8) is 0 Å². The SMILES string of the molecule is Cc1ccc(C)c(S(=O)(=O)N2CCN(C(=O)c3cnc(C4CC4)s3)CC2)c1. The number of sulfonamides is 1. The summed E-state index contributed by atoms with van der Waals surface area (Å²) in [5.41, 5.74) is 1.67. The number of amides is 1. The van der Waals surface area contributed by atoms with Crippen LogP contribution in [0.15, 0.2) is 29.3 Å². The fourth-order valence-electron chi connectivity index (χ4n) is 3.32. The van der Waals surface area contributed by atoms with Crippen molar-refractivity contribution in [2.45, 2.75) is 37.5 Å². The van der Waals surface area contributed by atoms with Gasteiger partial charge in [0, 0.05) is 32.1 Å². The van der Waals surface area contributed by atoms with Crippen LogP contribution in [0.1, 0.15) is 44.6 Å². The fourth-order valence-corrected chi connectivity index (χ4v) is 6.10. The van der Waals surface area contributed by atoms with Gasteiger partial charge in [0.05, 0.1) is 16.1 Å². The Morgan fingerprint density at radius 1 is 1.15 bits per heavy atom. The van der Waals surface area contributed by atoms with Gasteiger partial charge in [-0.1, -0.05) is 12.1 Å². The van der Waals surface area contributed by atoms with Crippen LogP contribution in [0.25, 0.3) is 0 Å². The molecule has 0 bridgehead atoms. The predicted octanol–water partition coefficient (Wildman–Crippen LogP) is 2.78. The van der Waals surface area contributed by atoms with Crippen molar-refractivity contribution in [1.82, 2.24) is 14.2 Å². The maximum absolute atomic E-state index is 13.0. The zero-order valence-corrected chi connectivity index (χ0v) is 17.1. The molecule has 1 aromatic heterocycles. The third-order valence-corrected chi connectivity index (χ3v) is 8.34. The Bertz CT molecular complexity index is 972. The second-order valence-electron chi connectivity index (χ2n) is 7.30. The molecule has 0 N–H and O–H groups in total. The summed E-state index contributed by atoms with van der Waals surface area (Å²) >= 11 is 1.48. The summed E-state index contributed by atoms with van der Waals surface area (Å²) in [6.45, 7) is 5.14. The number of nitrogens with zero attached hydrogens (tertiary/aromatic N) is 3. The highest BCUT2D eigenvalue weighted by Gasteiger charge is 2.33. The number of aryl methyl sites for hydroxylation is 2. The van der Waals surface area contributed by atoms with Crippen LogP contribution in [0.4, 0.5) is 0 Å². The van der Waals surface area contributed by atoms with E-state index < -0.39 is 10.0 Å². The lowest BCUT2D eigenvalue weighted by molar-refractivity contribution is 0.0702. The smallest absolute Gasteiger partial charge is 0.265 e. The Balaban J connectivity index is 1.44. The second kappa shape index (κ2) is 7.00. The Hall–Kier alpha value is -1.77. The molecule has 1 aromatic carbocycles. The lowest BCUT2D eigenvalue weighted by Crippen LogP contribution is -2.50. The largest absolute Gasteiger partial charge is 0.335 e. The molecule has 0 radical (unpaired) electrons. The van der Waals surface area contributed by atoms with Crippen molar-refractivity contribution < 1.29 is 13.2 Å². The lowest BCUT2D eigenvalue weighted by atomic mass is 10.2. The molecule has 1 saturated carbocycles. The average Bonchev–Trinajstić information content (AvgIpc) is 3.40. The highest BCUT2D eigenvalue weighted by molar-refractivity contribution is 7.89. The first-order chi connectivity index (χ1) is 12.9. The van der Waals surface area contributed by atoms with Gasteiger partial charge in [-0.3, -0.25) is 4.79 Å². The molecule has 1 saturated heterocycles. The predicted molar refractivity (Wildman–Crippen MR) is 105 cm³/mol. The molecule has 4 rings (SSSR count). The summed E-state index contributed by atoms with van der Waals surface area (Å²) in [7, 11) is -3.54. The monoisotopic (exact) mass is 405 g/mol. The lowest BCUT2D eigenvalue weighted by Gasteiger charge is -2.34. The number of carbonyl (C=O) groups excluding carboxylic acids is 1. The Labute approximate surface area is 163 Å². The molecule has 1 aliphatic heterocycles. The number of thiazole rings is 1. The molecular weight excluding hydrogens is 382 g/mol. The maximum Gasteiger partial charge on any atom is 0.265 e. The number of rotatable bonds is 4. The number of hydrogen-bond donors (Lipinski definition) is 0. The summed E-state index contributed by atoms with van der Waals surface area (Å²) in [5, 5.41) is 1.05. The van der Waals surface area contributed by atoms with E-state index in [-0.39, 0.29) is 5.91 Å². The minimum Gasteiger partial charge on any atom is -0.335 e. The Morgan fingerprint density at radius 3 is 2.52 bits per heavy atom. The molecule has 144 valence electrons. The third kappa shape index (κ3) is 3.66. The molecule has 1 aliphatic carbocycles. The highest BCUT2D eigenvalue weighted by Crippen LogP contribution is 2.41. The van der Waals surface area contributed by atoms with E-state index in [1.165, 1.54) is 15.6 Å². The standard InChI is InChI=1S/C19H23N3O3S2/c1-13-3-4-14(2)17(11-13)27(24,25)22-9-7-21(8-10-22)19(23)16-12-20-18(26-16)15-5-6-15/h3-4,11-12,15H,5-10H2,1-2H3. The topological polar surface area (TPSA) is 70.6 Å². The molecule has 2 heterocycles. The van der Waals surface area contributed by atoms with Crippen LogP contribution >= 0.6 is 11.3 Å². The molecule has 2 fully saturated rings. The third-order valence-electron chi connectivity index (χ3n) is 5.15. The first kappa shape index (κ1) is 18.6. The average molecular weight is 406 g/mol. The van der Waals surface area contributed by atoms with E-state index in [1.54, 1.807) is 17.2 Å². The van der Waals surface area contributed by atoms with E-state index in [0.29, 0.717) is 41.9 Å². The minimum atomic E-state index is -3.54. The molecule has 2 aliphatic rings. The number of carbonyl (C=O) groups is 1. The van der Waals surface area contributed by atoms with Gasteiger partial charge in [-0.15, -0.1) is 11.3 Å². The molecule has 27 heavy (non-hydrogen) atoms. The van der Waals surface area contributed by atoms with E-state index in [9.17, 15) is 13.2 Å². The summed E-state index contributed by atoms with van der Waals surface area (Å²) in [6.07, 6.45) is 3.99. The molecule has 8 heteroatoms. The van der Waals surface area contributed by atoms with Gasteiger partial charge in [0.1, 0.15) is 4.88 Å². The van der Waals surface area contributed by atoms with Crippen LogP contribution < -0.4 is 0 Å². The van der Waals surface area contributed by atoms with Crippen LogP contribution in [0.2, 0.25) is 0 Å². The number of aromatic nitrogens is 1. The Kier molecular flexibility index (Phi) is 4.82. The fraction of sp³-hybridized carbons (Fsp3) is 0.474. The van der Waals surface area contributed by atoms with Gasteiger partial charge in [-0.05, 0) is 43.9 Å². The number of benzene rings is 1. The normalized spacial score (nSPS) is 18.7. The minimum absolute atomic E-state index is 0.0387. The molecule has 0 atom stereocenters. The van der Waals surface area contributed by atoms with E-state index in [4.69, 9.17) is 0 Å². The Morgan fingerprint density at radius 2 is 1.85 bits per heavy atom. The summed E-state index contributed by atoms with van der Waals surface area (Å²) in [5.74, 6) is 0.499. The summed E-state index contributed by atoms with van der Waals surface area (Å²) in [4.78, 5) is 19.8. The van der Waals surface area contributed by atoms with Crippen LogP contribution in [0.3, 0.4) is 0 Å². The molecule has 0 unspecified atom stereocenters. The van der Waals surface area contributed by atoms with Crippen LogP contribution in [0.5, 0.6) is 0 Å². The van der Waals surface area contributed by atoms with Gasteiger partial charge in [0.25, 0.3) is 5.91 Å². The van der Waals surface area contributed by atoms with Crippen molar-refractivity contribution in [1.29, 1.82) is 0 Å². The quantitative estimate of drug-likeness (QED) is 0.784. The van der Waals surface area contributed by atoms with Gasteiger partial charge >= 0.3 is 0 Å². The van der Waals surface area contributed by atoms with Crippen molar-refractivity contribution in [3.8, 4) is 0 Å². The number of hydrogen-bond acceptors (Lipinski definition) is 5. The van der Waals surface area contributed by atoms with Crippen molar-refractivity contribution in [2.24, 2.45) is 0 Å². The van der Waals surface area contributed by atoms with E-state index in [0.717, 1.165) is 29.0 Å². The van der Waals surface area contributed by atoms with Crippen LogP contribution in [-0.2, 0) is 10.0 Å². The first-order valence-corrected chi connectivity index (χ1v) is 11.4. The van der Waals surface area contributed by atoms with E-state index >= 15 is 0 Å². The van der Waals surface area contributed by atoms with E-state index in [1.807, 2.05) is 26.0 Å². The van der Waals surface area contributed by atoms with Crippen LogP contribution in [0, 0.1) is 13.8 Å². The van der Waals surface area contributed by atoms with Gasteiger partial charge in [-0.25, -0.2) is 13.4 Å². The van der Waals surface area contributed by atoms with Gasteiger partial charge in [0.2, 0.25) is 10.0 Å². The first-order valence-electron chi connectivity index (χ1n) is 9.18. The van der Waals surface area contributed by atoms with Crippen molar-refractivity contribution >= 4 is 27.3 Å². The summed E-state index contributed by atoms with van der Waals surface area (Å²) < 4.78 is 27.5. The van der Waals surface area contributed by atoms with Gasteiger partial charge in [0.15, 0.2) is 0 Å². The highest BCUT2D eigenvalue weighted by atomic mass is 32.2. The second-order valence-corrected chi connectivity index (χ2v) is 10.3. The summed E-state index contributed by atoms with van der Waals surface area (Å²) in [6, 6.07) is 5.47. The number of piperazine rings is 1. The molecule has 0 spiro atoms. The molecule has 2 aromatic rings. The van der Waals surface area contributed by atoms with Crippen molar-refractivity contribution in [3.05, 3.63) is 45.4 Å². The van der Waals surface area contributed by atoms with E-state index in [2.05, 4.69) is 4.98 Å². The zero-order valence-electron chi connectivity index (χ0n) is 15.5. The molecular formula is C19H23N3O3S2. The van der Waals surface area contributed by atoms with Gasteiger partial charge < -0.3 is 4.90 Å². The van der Waals surface area contributed by atoms with Gasteiger partial charge in [-0.2, -0.15) is 4.31 Å². The van der Waals surface area contributed by atoms with Crippen molar-refractivity contribution in [2.75, 3.05) is 26.2 Å². The maximum atomic E-state index is 13.0. The van der Waals surface area contributed by atoms with Crippen LogP contribution in [-0.4, -0.2) is 54.7 Å². The molecule has 1 amide bonds. The molecule has 6 nitrogen and oxygen atoms in total.